The average molecular weight is 390 g/mol. The molecule has 7 heteroatoms. The molecular weight excluding hydrogens is 383 g/mol. The molecule has 2 aromatic heterocycles. The van der Waals surface area contributed by atoms with Gasteiger partial charge in [-0.2, -0.15) is 4.98 Å². The molecule has 0 saturated heterocycles. The molecule has 0 spiro atoms. The van der Waals surface area contributed by atoms with E-state index >= 15 is 0 Å². The van der Waals surface area contributed by atoms with E-state index in [9.17, 15) is 0 Å². The summed E-state index contributed by atoms with van der Waals surface area (Å²) in [5, 5.41) is 1.48. The number of hydrogen-bond donors (Lipinski definition) is 0. The molecule has 3 rings (SSSR count). The lowest BCUT2D eigenvalue weighted by atomic mass is 10.3. The van der Waals surface area contributed by atoms with E-state index < -0.39 is 0 Å². The van der Waals surface area contributed by atoms with Gasteiger partial charge in [0.2, 0.25) is 11.2 Å². The SMILES string of the molecule is Cc1cc2c(Oc3ccc(Br)cc3Cl)nc(Cl)nc2s1. The molecule has 1 aromatic carbocycles. The Bertz CT molecular complexity index is 806. The van der Waals surface area contributed by atoms with Gasteiger partial charge in [0, 0.05) is 9.35 Å². The molecule has 0 radical (unpaired) electrons. The number of aryl methyl sites for hydroxylation is 1. The van der Waals surface area contributed by atoms with Crippen LogP contribution in [0.5, 0.6) is 11.6 Å². The van der Waals surface area contributed by atoms with Gasteiger partial charge in [-0.3, -0.25) is 0 Å². The first kappa shape index (κ1) is 14.1. The zero-order valence-corrected chi connectivity index (χ0v) is 14.1. The van der Waals surface area contributed by atoms with Crippen LogP contribution in [0.25, 0.3) is 10.2 Å². The minimum Gasteiger partial charge on any atom is -0.437 e. The Balaban J connectivity index is 2.10. The number of ether oxygens (including phenoxy) is 1. The Morgan fingerprint density at radius 1 is 1.20 bits per heavy atom. The van der Waals surface area contributed by atoms with Crippen molar-refractivity contribution in [3.63, 3.8) is 0 Å². The zero-order valence-electron chi connectivity index (χ0n) is 10.2. The molecule has 0 N–H and O–H groups in total. The third kappa shape index (κ3) is 2.76. The van der Waals surface area contributed by atoms with Gasteiger partial charge in [0.25, 0.3) is 0 Å². The second-order valence-corrected chi connectivity index (χ2v) is 6.95. The lowest BCUT2D eigenvalue weighted by molar-refractivity contribution is 0.468. The molecule has 0 fully saturated rings. The first-order valence-corrected chi connectivity index (χ1v) is 7.96. The third-order valence-electron chi connectivity index (χ3n) is 2.55. The highest BCUT2D eigenvalue weighted by atomic mass is 79.9. The fraction of sp³-hybridized carbons (Fsp3) is 0.0769. The predicted molar refractivity (Wildman–Crippen MR) is 86.4 cm³/mol. The summed E-state index contributed by atoms with van der Waals surface area (Å²) in [6.45, 7) is 2.00. The van der Waals surface area contributed by atoms with E-state index in [1.807, 2.05) is 19.1 Å². The Labute approximate surface area is 137 Å². The molecule has 0 unspecified atom stereocenters. The Morgan fingerprint density at radius 2 is 2.00 bits per heavy atom. The Kier molecular flexibility index (Phi) is 3.86. The summed E-state index contributed by atoms with van der Waals surface area (Å²) >= 11 is 17.0. The number of thiophene rings is 1. The zero-order chi connectivity index (χ0) is 14.3. The van der Waals surface area contributed by atoms with Crippen molar-refractivity contribution in [2.24, 2.45) is 0 Å². The second-order valence-electron chi connectivity index (χ2n) is 4.05. The van der Waals surface area contributed by atoms with Crippen LogP contribution in [0.2, 0.25) is 10.3 Å². The topological polar surface area (TPSA) is 35.0 Å². The molecule has 102 valence electrons. The molecule has 0 saturated carbocycles. The first-order chi connectivity index (χ1) is 9.52. The van der Waals surface area contributed by atoms with Crippen molar-refractivity contribution in [1.82, 2.24) is 9.97 Å². The smallest absolute Gasteiger partial charge is 0.232 e. The number of nitrogens with zero attached hydrogens (tertiary/aromatic N) is 2. The highest BCUT2D eigenvalue weighted by molar-refractivity contribution is 9.10. The van der Waals surface area contributed by atoms with Crippen LogP contribution in [0.3, 0.4) is 0 Å². The van der Waals surface area contributed by atoms with E-state index in [1.54, 1.807) is 23.5 Å². The average Bonchev–Trinajstić information content (AvgIpc) is 2.73. The van der Waals surface area contributed by atoms with Gasteiger partial charge >= 0.3 is 0 Å². The monoisotopic (exact) mass is 388 g/mol. The summed E-state index contributed by atoms with van der Waals surface area (Å²) in [4.78, 5) is 10.2. The standard InChI is InChI=1S/C13H7BrCl2N2OS/c1-6-4-8-11(17-13(16)18-12(8)20-6)19-10-3-2-7(14)5-9(10)15/h2-5H,1H3. The molecule has 2 heterocycles. The van der Waals surface area contributed by atoms with Crippen LogP contribution >= 0.6 is 50.5 Å². The van der Waals surface area contributed by atoms with Gasteiger partial charge in [-0.05, 0) is 42.8 Å². The molecule has 0 atom stereocenters. The maximum absolute atomic E-state index is 6.15. The minimum absolute atomic E-state index is 0.155. The van der Waals surface area contributed by atoms with E-state index in [4.69, 9.17) is 27.9 Å². The van der Waals surface area contributed by atoms with Gasteiger partial charge in [-0.25, -0.2) is 4.98 Å². The number of aromatic nitrogens is 2. The van der Waals surface area contributed by atoms with Crippen molar-refractivity contribution in [2.45, 2.75) is 6.92 Å². The maximum Gasteiger partial charge on any atom is 0.232 e. The summed E-state index contributed by atoms with van der Waals surface area (Å²) < 4.78 is 6.67. The minimum atomic E-state index is 0.155. The fourth-order valence-electron chi connectivity index (χ4n) is 1.73. The van der Waals surface area contributed by atoms with Crippen LogP contribution in [0, 0.1) is 6.92 Å². The van der Waals surface area contributed by atoms with E-state index in [-0.39, 0.29) is 5.28 Å². The normalized spacial score (nSPS) is 11.0. The number of fused-ring (bicyclic) bond motifs is 1. The molecule has 3 aromatic rings. The van der Waals surface area contributed by atoms with Crippen molar-refractivity contribution in [3.8, 4) is 11.6 Å². The summed E-state index contributed by atoms with van der Waals surface area (Å²) in [6.07, 6.45) is 0. The largest absolute Gasteiger partial charge is 0.437 e. The summed E-state index contributed by atoms with van der Waals surface area (Å²) in [5.41, 5.74) is 0. The van der Waals surface area contributed by atoms with Gasteiger partial charge in [0.1, 0.15) is 10.6 Å². The molecule has 0 amide bonds. The van der Waals surface area contributed by atoms with Crippen LogP contribution in [0.15, 0.2) is 28.7 Å². The molecule has 0 aliphatic heterocycles. The number of benzene rings is 1. The summed E-state index contributed by atoms with van der Waals surface area (Å²) in [7, 11) is 0. The van der Waals surface area contributed by atoms with E-state index in [1.165, 1.54) is 0 Å². The van der Waals surface area contributed by atoms with Gasteiger partial charge < -0.3 is 4.74 Å². The molecule has 0 aliphatic rings. The summed E-state index contributed by atoms with van der Waals surface area (Å²) in [6, 6.07) is 7.35. The molecule has 20 heavy (non-hydrogen) atoms. The number of rotatable bonds is 2. The van der Waals surface area contributed by atoms with Gasteiger partial charge in [-0.1, -0.05) is 27.5 Å². The Hall–Kier alpha value is -0.880. The predicted octanol–water partition coefficient (Wildman–Crippen LogP) is 5.86. The van der Waals surface area contributed by atoms with Crippen molar-refractivity contribution in [2.75, 3.05) is 0 Å². The van der Waals surface area contributed by atoms with Gasteiger partial charge in [0.15, 0.2) is 0 Å². The molecular formula is C13H7BrCl2N2OS. The van der Waals surface area contributed by atoms with Gasteiger partial charge in [0.05, 0.1) is 10.4 Å². The lowest BCUT2D eigenvalue weighted by Crippen LogP contribution is -1.91. The molecule has 0 aliphatic carbocycles. The maximum atomic E-state index is 6.15. The van der Waals surface area contributed by atoms with Crippen LogP contribution in [0.1, 0.15) is 4.88 Å². The Morgan fingerprint density at radius 3 is 2.75 bits per heavy atom. The van der Waals surface area contributed by atoms with E-state index in [2.05, 4.69) is 25.9 Å². The van der Waals surface area contributed by atoms with E-state index in [0.717, 1.165) is 19.6 Å². The van der Waals surface area contributed by atoms with Crippen molar-refractivity contribution >= 4 is 60.7 Å². The third-order valence-corrected chi connectivity index (χ3v) is 4.46. The lowest BCUT2D eigenvalue weighted by Gasteiger charge is -2.08. The number of halogens is 3. The highest BCUT2D eigenvalue weighted by Crippen LogP contribution is 2.36. The summed E-state index contributed by atoms with van der Waals surface area (Å²) in [5.74, 6) is 0.934. The van der Waals surface area contributed by atoms with Crippen molar-refractivity contribution in [1.29, 1.82) is 0 Å². The van der Waals surface area contributed by atoms with Crippen LogP contribution in [-0.2, 0) is 0 Å². The van der Waals surface area contributed by atoms with Crippen molar-refractivity contribution < 1.29 is 4.74 Å². The van der Waals surface area contributed by atoms with Crippen LogP contribution in [0.4, 0.5) is 0 Å². The fourth-order valence-corrected chi connectivity index (χ4v) is 3.52. The van der Waals surface area contributed by atoms with Crippen LogP contribution in [-0.4, -0.2) is 9.97 Å². The number of hydrogen-bond acceptors (Lipinski definition) is 4. The second kappa shape index (κ2) is 5.48. The van der Waals surface area contributed by atoms with Gasteiger partial charge in [-0.15, -0.1) is 11.3 Å². The quantitative estimate of drug-likeness (QED) is 0.514. The molecule has 0 bridgehead atoms. The van der Waals surface area contributed by atoms with Crippen LogP contribution < -0.4 is 4.74 Å². The molecule has 3 nitrogen and oxygen atoms in total. The highest BCUT2D eigenvalue weighted by Gasteiger charge is 2.13. The first-order valence-electron chi connectivity index (χ1n) is 5.59. The van der Waals surface area contributed by atoms with Crippen molar-refractivity contribution in [3.05, 3.63) is 43.9 Å². The van der Waals surface area contributed by atoms with E-state index in [0.29, 0.717) is 16.7 Å².